The monoisotopic (exact) mass is 218 g/mol. The van der Waals surface area contributed by atoms with E-state index in [2.05, 4.69) is 0 Å². The number of likely N-dealkylation sites (N-methyl/N-ethyl adjacent to an activating group) is 1. The number of hydrogen-bond donors (Lipinski definition) is 1. The third kappa shape index (κ3) is 3.71. The zero-order valence-electron chi connectivity index (χ0n) is 9.71. The van der Waals surface area contributed by atoms with E-state index >= 15 is 0 Å². The van der Waals surface area contributed by atoms with E-state index in [1.54, 1.807) is 19.0 Å². The van der Waals surface area contributed by atoms with Crippen LogP contribution in [0.4, 0.5) is 0 Å². The molecule has 0 radical (unpaired) electrons. The zero-order valence-corrected chi connectivity index (χ0v) is 9.71. The minimum absolute atomic E-state index is 0.160. The van der Waals surface area contributed by atoms with Crippen LogP contribution in [0.2, 0.25) is 0 Å². The van der Waals surface area contributed by atoms with Crippen molar-refractivity contribution in [2.24, 2.45) is 0 Å². The maximum Gasteiger partial charge on any atom is 0.440 e. The summed E-state index contributed by atoms with van der Waals surface area (Å²) in [6, 6.07) is 0. The van der Waals surface area contributed by atoms with E-state index in [0.29, 0.717) is 6.73 Å². The first-order chi connectivity index (χ1) is 7.02. The molecular weight excluding hydrogens is 199 g/mol. The minimum Gasteiger partial charge on any atom is -0.402 e. The van der Waals surface area contributed by atoms with Crippen LogP contribution in [0, 0.1) is 0 Å². The van der Waals surface area contributed by atoms with Gasteiger partial charge in [-0.25, -0.2) is 0 Å². The zero-order chi connectivity index (χ0) is 11.4. The van der Waals surface area contributed by atoms with Crippen LogP contribution in [0.1, 0.15) is 0 Å². The topological polar surface area (TPSA) is 54.4 Å². The normalized spacial score (nSPS) is 28.5. The van der Waals surface area contributed by atoms with E-state index in [1.807, 2.05) is 19.0 Å². The van der Waals surface area contributed by atoms with E-state index in [1.165, 1.54) is 0 Å². The molecule has 7 heteroatoms. The predicted molar refractivity (Wildman–Crippen MR) is 56.2 cm³/mol. The molecule has 1 rings (SSSR count). The Kier molecular flexibility index (Phi) is 4.97. The number of hydrogen-bond acceptors (Lipinski definition) is 6. The summed E-state index contributed by atoms with van der Waals surface area (Å²) in [4.78, 5) is 3.53. The molecule has 0 aliphatic carbocycles. The van der Waals surface area contributed by atoms with Crippen molar-refractivity contribution < 1.29 is 19.2 Å². The lowest BCUT2D eigenvalue weighted by molar-refractivity contribution is -0.165. The molecule has 0 aromatic heterocycles. The number of nitrogens with zero attached hydrogens (tertiary/aromatic N) is 2. The largest absolute Gasteiger partial charge is 0.440 e. The lowest BCUT2D eigenvalue weighted by Gasteiger charge is -2.28. The maximum atomic E-state index is 9.79. The van der Waals surface area contributed by atoms with Crippen LogP contribution in [0.15, 0.2) is 0 Å². The van der Waals surface area contributed by atoms with Crippen molar-refractivity contribution in [1.29, 1.82) is 0 Å². The van der Waals surface area contributed by atoms with Crippen LogP contribution in [0.5, 0.6) is 0 Å². The molecule has 1 unspecified atom stereocenters. The second-order valence-corrected chi connectivity index (χ2v) is 4.04. The molecule has 88 valence electrons. The van der Waals surface area contributed by atoms with Crippen molar-refractivity contribution in [3.8, 4) is 0 Å². The van der Waals surface area contributed by atoms with Crippen LogP contribution in [-0.2, 0) is 14.0 Å². The van der Waals surface area contributed by atoms with Gasteiger partial charge in [0.05, 0.1) is 0 Å². The van der Waals surface area contributed by atoms with Crippen molar-refractivity contribution in [2.45, 2.75) is 18.6 Å². The summed E-state index contributed by atoms with van der Waals surface area (Å²) < 4.78 is 15.9. The second-order valence-electron chi connectivity index (χ2n) is 4.04. The fourth-order valence-electron chi connectivity index (χ4n) is 1.24. The van der Waals surface area contributed by atoms with Crippen LogP contribution < -0.4 is 0 Å². The first kappa shape index (κ1) is 12.9. The molecule has 1 saturated heterocycles. The number of rotatable bonds is 5. The van der Waals surface area contributed by atoms with Gasteiger partial charge in [-0.1, -0.05) is 0 Å². The first-order valence-corrected chi connectivity index (χ1v) is 4.86. The lowest BCUT2D eigenvalue weighted by atomic mass is 10.3. The van der Waals surface area contributed by atoms with Crippen molar-refractivity contribution >= 4 is 7.69 Å². The molecule has 15 heavy (non-hydrogen) atoms. The van der Waals surface area contributed by atoms with E-state index in [9.17, 15) is 5.11 Å². The van der Waals surface area contributed by atoms with E-state index in [0.717, 1.165) is 0 Å². The molecule has 0 aromatic rings. The molecule has 1 aliphatic rings. The molecule has 0 aromatic carbocycles. The summed E-state index contributed by atoms with van der Waals surface area (Å²) in [6.45, 7) is 0.435. The lowest BCUT2D eigenvalue weighted by Crippen LogP contribution is -2.45. The summed E-state index contributed by atoms with van der Waals surface area (Å²) in [5.74, 6) is 0. The summed E-state index contributed by atoms with van der Waals surface area (Å²) in [6.07, 6.45) is -1.69. The first-order valence-electron chi connectivity index (χ1n) is 4.86. The van der Waals surface area contributed by atoms with Crippen molar-refractivity contribution in [2.75, 3.05) is 34.9 Å². The fraction of sp³-hybridized carbons (Fsp3) is 1.00. The Morgan fingerprint density at radius 1 is 1.33 bits per heavy atom. The average molecular weight is 218 g/mol. The van der Waals surface area contributed by atoms with Crippen LogP contribution in [-0.4, -0.2) is 76.1 Å². The van der Waals surface area contributed by atoms with Gasteiger partial charge in [0.25, 0.3) is 0 Å². The van der Waals surface area contributed by atoms with E-state index < -0.39 is 18.6 Å². The minimum atomic E-state index is -0.723. The SMILES string of the molecule is CN(C)CO[C@@H]1OBO[C@H]1C(O)N(C)C. The maximum absolute atomic E-state index is 9.79. The standard InChI is InChI=1S/C8H19BN2O4/c1-10(2)5-13-8-6(14-9-15-8)7(12)11(3)4/h6-9,12H,5H2,1-4H3/t6-,7?,8+/m0/s1. The Morgan fingerprint density at radius 3 is 2.53 bits per heavy atom. The Hall–Kier alpha value is -0.175. The van der Waals surface area contributed by atoms with Crippen molar-refractivity contribution in [3.63, 3.8) is 0 Å². The van der Waals surface area contributed by atoms with Gasteiger partial charge in [-0.05, 0) is 28.2 Å². The molecule has 0 amide bonds. The smallest absolute Gasteiger partial charge is 0.402 e. The quantitative estimate of drug-likeness (QED) is 0.443. The molecule has 1 heterocycles. The van der Waals surface area contributed by atoms with Gasteiger partial charge in [0.2, 0.25) is 0 Å². The van der Waals surface area contributed by atoms with Crippen LogP contribution in [0.3, 0.4) is 0 Å². The predicted octanol–water partition coefficient (Wildman–Crippen LogP) is -1.59. The van der Waals surface area contributed by atoms with Gasteiger partial charge in [-0.15, -0.1) is 0 Å². The van der Waals surface area contributed by atoms with Crippen LogP contribution >= 0.6 is 0 Å². The molecule has 1 fully saturated rings. The van der Waals surface area contributed by atoms with E-state index in [-0.39, 0.29) is 7.69 Å². The van der Waals surface area contributed by atoms with Gasteiger partial charge < -0.3 is 19.2 Å². The summed E-state index contributed by atoms with van der Waals surface area (Å²) in [5, 5.41) is 9.79. The molecule has 0 saturated carbocycles. The molecule has 3 atom stereocenters. The van der Waals surface area contributed by atoms with Gasteiger partial charge in [-0.2, -0.15) is 0 Å². The highest BCUT2D eigenvalue weighted by molar-refractivity contribution is 6.19. The highest BCUT2D eigenvalue weighted by Crippen LogP contribution is 2.17. The number of aliphatic hydroxyl groups excluding tert-OH is 1. The van der Waals surface area contributed by atoms with Gasteiger partial charge >= 0.3 is 7.69 Å². The third-order valence-corrected chi connectivity index (χ3v) is 2.08. The van der Waals surface area contributed by atoms with Gasteiger partial charge in [0, 0.05) is 0 Å². The van der Waals surface area contributed by atoms with Crippen LogP contribution in [0.25, 0.3) is 0 Å². The fourth-order valence-corrected chi connectivity index (χ4v) is 1.24. The number of ether oxygens (including phenoxy) is 1. The third-order valence-electron chi connectivity index (χ3n) is 2.08. The summed E-state index contributed by atoms with van der Waals surface area (Å²) in [7, 11) is 7.50. The Balaban J connectivity index is 2.42. The van der Waals surface area contributed by atoms with Gasteiger partial charge in [-0.3, -0.25) is 9.80 Å². The van der Waals surface area contributed by atoms with E-state index in [4.69, 9.17) is 14.0 Å². The summed E-state index contributed by atoms with van der Waals surface area (Å²) >= 11 is 0. The molecule has 6 nitrogen and oxygen atoms in total. The highest BCUT2D eigenvalue weighted by atomic mass is 16.8. The Morgan fingerprint density at radius 2 is 2.00 bits per heavy atom. The molecule has 0 spiro atoms. The second kappa shape index (κ2) is 5.79. The molecule has 0 bridgehead atoms. The summed E-state index contributed by atoms with van der Waals surface area (Å²) in [5.41, 5.74) is 0. The van der Waals surface area contributed by atoms with Gasteiger partial charge in [0.1, 0.15) is 19.1 Å². The highest BCUT2D eigenvalue weighted by Gasteiger charge is 2.37. The number of aliphatic hydroxyl groups is 1. The molecule has 1 aliphatic heterocycles. The Bertz CT molecular complexity index is 193. The molecular formula is C8H19BN2O4. The molecule has 1 N–H and O–H groups in total. The van der Waals surface area contributed by atoms with Crippen molar-refractivity contribution in [1.82, 2.24) is 9.80 Å². The Labute approximate surface area is 91.0 Å². The van der Waals surface area contributed by atoms with Gasteiger partial charge in [0.15, 0.2) is 6.29 Å². The average Bonchev–Trinajstić information content (AvgIpc) is 2.60. The van der Waals surface area contributed by atoms with Crippen molar-refractivity contribution in [3.05, 3.63) is 0 Å².